The maximum Gasteiger partial charge on any atom is 0.293 e. The lowest BCUT2D eigenvalue weighted by molar-refractivity contribution is -0.130. The number of hydrogen-bond donors (Lipinski definition) is 0. The number of carbonyl (C=O) groups excluding carboxylic acids is 2. The summed E-state index contributed by atoms with van der Waals surface area (Å²) in [5.41, 5.74) is 0. The van der Waals surface area contributed by atoms with Gasteiger partial charge in [0.1, 0.15) is 6.61 Å². The molecule has 0 amide bonds. The Kier molecular flexibility index (Phi) is 19.3. The third kappa shape index (κ3) is 19.1. The molecule has 4 nitrogen and oxygen atoms in total. The van der Waals surface area contributed by atoms with Crippen molar-refractivity contribution in [2.45, 2.75) is 83.5 Å². The number of unbranched alkanes of at least 4 members (excludes halogenated alkanes) is 12. The molecular weight excluding hydrogens is 280 g/mol. The molecule has 0 unspecified atom stereocenters. The standard InChI is InChI=1S/C18H34O4/c19-14-12-10-8-6-4-2-1-3-5-7-9-11-13-15-21-16-17-22-18-20/h14,18H,1-13,15-17H2/p+1. The average Bonchev–Trinajstić information content (AvgIpc) is 2.54. The van der Waals surface area contributed by atoms with E-state index in [1.807, 2.05) is 0 Å². The molecule has 0 aromatic rings. The Labute approximate surface area is 135 Å². The molecule has 0 aliphatic heterocycles. The highest BCUT2D eigenvalue weighted by atomic mass is 16.5. The first-order chi connectivity index (χ1) is 10.9. The topological polar surface area (TPSA) is 56.9 Å². The van der Waals surface area contributed by atoms with Crippen LogP contribution in [-0.2, 0) is 14.3 Å². The van der Waals surface area contributed by atoms with Crippen molar-refractivity contribution in [3.05, 3.63) is 0 Å². The summed E-state index contributed by atoms with van der Waals surface area (Å²) >= 11 is 0. The third-order valence-corrected chi connectivity index (χ3v) is 3.79. The minimum Gasteiger partial charge on any atom is -0.465 e. The molecule has 0 aromatic carbocycles. The van der Waals surface area contributed by atoms with Crippen LogP contribution in [0, 0.1) is 0 Å². The van der Waals surface area contributed by atoms with Gasteiger partial charge in [0.25, 0.3) is 12.8 Å². The minimum atomic E-state index is 0.364. The van der Waals surface area contributed by atoms with E-state index in [1.165, 1.54) is 70.5 Å². The van der Waals surface area contributed by atoms with Gasteiger partial charge >= 0.3 is 0 Å². The molecule has 0 rings (SSSR count). The molecule has 0 atom stereocenters. The van der Waals surface area contributed by atoms with Gasteiger partial charge in [0, 0.05) is 6.61 Å². The number of hydrogen-bond acceptors (Lipinski definition) is 3. The van der Waals surface area contributed by atoms with Crippen molar-refractivity contribution in [3.63, 3.8) is 0 Å². The van der Waals surface area contributed by atoms with Crippen LogP contribution in [0.5, 0.6) is 0 Å². The summed E-state index contributed by atoms with van der Waals surface area (Å²) in [6, 6.07) is 0. The Balaban J connectivity index is 2.94. The van der Waals surface area contributed by atoms with Crippen LogP contribution in [0.3, 0.4) is 0 Å². The van der Waals surface area contributed by atoms with E-state index in [2.05, 4.69) is 4.74 Å². The summed E-state index contributed by atoms with van der Waals surface area (Å²) in [5, 5.41) is 0. The molecule has 1 N–H and O–H groups in total. The van der Waals surface area contributed by atoms with Crippen molar-refractivity contribution < 1.29 is 19.1 Å². The highest BCUT2D eigenvalue weighted by Crippen LogP contribution is 2.12. The normalized spacial score (nSPS) is 10.5. The largest absolute Gasteiger partial charge is 0.465 e. The summed E-state index contributed by atoms with van der Waals surface area (Å²) in [5.74, 6) is 0. The van der Waals surface area contributed by atoms with Crippen molar-refractivity contribution in [2.75, 3.05) is 19.8 Å². The number of rotatable bonds is 19. The zero-order chi connectivity index (χ0) is 16.1. The third-order valence-electron chi connectivity index (χ3n) is 3.79. The second-order valence-electron chi connectivity index (χ2n) is 5.79. The van der Waals surface area contributed by atoms with Gasteiger partial charge in [-0.15, -0.1) is 0 Å². The lowest BCUT2D eigenvalue weighted by atomic mass is 10.0. The molecular formula is C18H35O4+. The van der Waals surface area contributed by atoms with Crippen molar-refractivity contribution in [3.8, 4) is 0 Å². The quantitative estimate of drug-likeness (QED) is 0.201. The van der Waals surface area contributed by atoms with E-state index in [0.29, 0.717) is 19.7 Å². The Morgan fingerprint density at radius 1 is 0.636 bits per heavy atom. The van der Waals surface area contributed by atoms with Crippen LogP contribution < -0.4 is 0 Å². The fraction of sp³-hybridized carbons (Fsp3) is 0.889. The Morgan fingerprint density at radius 2 is 1.14 bits per heavy atom. The molecule has 130 valence electrons. The molecule has 0 spiro atoms. The number of carbonyl (C=O) groups is 1. The van der Waals surface area contributed by atoms with Crippen LogP contribution in [0.2, 0.25) is 0 Å². The van der Waals surface area contributed by atoms with Crippen LogP contribution in [0.15, 0.2) is 0 Å². The zero-order valence-corrected chi connectivity index (χ0v) is 14.1. The molecule has 0 bridgehead atoms. The fourth-order valence-electron chi connectivity index (χ4n) is 2.46. The van der Waals surface area contributed by atoms with Gasteiger partial charge in [-0.05, 0) is 12.8 Å². The fourth-order valence-corrected chi connectivity index (χ4v) is 2.46. The minimum absolute atomic E-state index is 0.364. The lowest BCUT2D eigenvalue weighted by Crippen LogP contribution is -2.04. The van der Waals surface area contributed by atoms with E-state index >= 15 is 0 Å². The number of ether oxygens (including phenoxy) is 2. The van der Waals surface area contributed by atoms with E-state index in [-0.39, 0.29) is 0 Å². The Hall–Kier alpha value is -0.900. The predicted octanol–water partition coefficient (Wildman–Crippen LogP) is 4.42. The van der Waals surface area contributed by atoms with Gasteiger partial charge in [-0.1, -0.05) is 64.2 Å². The smallest absolute Gasteiger partial charge is 0.293 e. The summed E-state index contributed by atoms with van der Waals surface area (Å²) in [6.07, 6.45) is 17.6. The van der Waals surface area contributed by atoms with E-state index in [1.54, 1.807) is 0 Å². The van der Waals surface area contributed by atoms with Crippen LogP contribution in [-0.4, -0.2) is 37.4 Å². The van der Waals surface area contributed by atoms with Crippen molar-refractivity contribution >= 4 is 12.8 Å². The lowest BCUT2D eigenvalue weighted by Gasteiger charge is -2.04. The summed E-state index contributed by atoms with van der Waals surface area (Å²) in [7, 11) is 0. The van der Waals surface area contributed by atoms with Gasteiger partial charge in [0.15, 0.2) is 0 Å². The molecule has 0 saturated carbocycles. The highest BCUT2D eigenvalue weighted by molar-refractivity contribution is 5.50. The first-order valence-corrected chi connectivity index (χ1v) is 9.00. The van der Waals surface area contributed by atoms with Crippen molar-refractivity contribution in [1.29, 1.82) is 0 Å². The van der Waals surface area contributed by atoms with Crippen molar-refractivity contribution in [2.24, 2.45) is 0 Å². The Morgan fingerprint density at radius 3 is 1.64 bits per heavy atom. The molecule has 0 heterocycles. The zero-order valence-electron chi connectivity index (χ0n) is 14.1. The van der Waals surface area contributed by atoms with E-state index < -0.39 is 0 Å². The average molecular weight is 315 g/mol. The maximum atomic E-state index is 9.89. The van der Waals surface area contributed by atoms with Gasteiger partial charge in [-0.3, -0.25) is 9.59 Å². The summed E-state index contributed by atoms with van der Waals surface area (Å²) < 4.78 is 9.88. The first kappa shape index (κ1) is 21.1. The van der Waals surface area contributed by atoms with Gasteiger partial charge in [-0.2, -0.15) is 0 Å². The molecule has 0 radical (unpaired) electrons. The van der Waals surface area contributed by atoms with Crippen LogP contribution in [0.25, 0.3) is 0 Å². The SMILES string of the molecule is O=COCCOCCCCCCCCCCCCCCC=[OH+]. The molecule has 0 saturated heterocycles. The molecule has 0 aliphatic rings. The summed E-state index contributed by atoms with van der Waals surface area (Å²) in [4.78, 5) is 18.4. The molecule has 4 heteroatoms. The highest BCUT2D eigenvalue weighted by Gasteiger charge is 1.95. The van der Waals surface area contributed by atoms with Gasteiger partial charge in [0.2, 0.25) is 0 Å². The van der Waals surface area contributed by atoms with Crippen LogP contribution >= 0.6 is 0 Å². The van der Waals surface area contributed by atoms with E-state index in [0.717, 1.165) is 25.9 Å². The molecule has 0 fully saturated rings. The van der Waals surface area contributed by atoms with E-state index in [4.69, 9.17) is 9.53 Å². The number of aldehydes is 1. The van der Waals surface area contributed by atoms with Gasteiger partial charge in [-0.25, -0.2) is 0 Å². The van der Waals surface area contributed by atoms with Gasteiger partial charge in [0.05, 0.1) is 13.0 Å². The Bertz CT molecular complexity index is 207. The van der Waals surface area contributed by atoms with Crippen LogP contribution in [0.4, 0.5) is 0 Å². The molecule has 0 aliphatic carbocycles. The summed E-state index contributed by atoms with van der Waals surface area (Å²) in [6.45, 7) is 2.11. The second kappa shape index (κ2) is 20.1. The monoisotopic (exact) mass is 315 g/mol. The van der Waals surface area contributed by atoms with Gasteiger partial charge < -0.3 is 9.47 Å². The second-order valence-corrected chi connectivity index (χ2v) is 5.79. The van der Waals surface area contributed by atoms with E-state index in [9.17, 15) is 4.79 Å². The molecule has 0 aromatic heterocycles. The predicted molar refractivity (Wildman–Crippen MR) is 90.9 cm³/mol. The van der Waals surface area contributed by atoms with Crippen molar-refractivity contribution in [1.82, 2.24) is 0 Å². The molecule has 22 heavy (non-hydrogen) atoms. The first-order valence-electron chi connectivity index (χ1n) is 9.00. The van der Waals surface area contributed by atoms with Crippen LogP contribution in [0.1, 0.15) is 83.5 Å². The maximum absolute atomic E-state index is 9.89.